The maximum absolute atomic E-state index is 12.8. The van der Waals surface area contributed by atoms with E-state index in [0.717, 1.165) is 11.0 Å². The highest BCUT2D eigenvalue weighted by atomic mass is 16.5. The van der Waals surface area contributed by atoms with Gasteiger partial charge in [-0.2, -0.15) is 0 Å². The quantitative estimate of drug-likeness (QED) is 0.615. The standard InChI is InChI=1S/C19H24BNO6/c1-9(2)11-6-13-16(19(24)21(3)18(13)23)12-7-15(27-20(25)17(11)12)14-5-4-10(8-22)26-14/h4-5,9,12-13,15-16,22,25H,6-8H2,1-3H3/t12-,13-,15-,16+/m0/s1. The Labute approximate surface area is 158 Å². The van der Waals surface area contributed by atoms with Gasteiger partial charge in [0, 0.05) is 7.05 Å². The number of furan rings is 1. The zero-order valence-corrected chi connectivity index (χ0v) is 15.7. The molecule has 0 aromatic carbocycles. The van der Waals surface area contributed by atoms with Crippen molar-refractivity contribution in [3.8, 4) is 0 Å². The number of aliphatic hydroxyl groups is 1. The highest BCUT2D eigenvalue weighted by Gasteiger charge is 2.57. The summed E-state index contributed by atoms with van der Waals surface area (Å²) in [5.74, 6) is -0.344. The Bertz CT molecular complexity index is 815. The van der Waals surface area contributed by atoms with Crippen molar-refractivity contribution in [3.05, 3.63) is 34.7 Å². The van der Waals surface area contributed by atoms with Gasteiger partial charge in [-0.1, -0.05) is 19.4 Å². The van der Waals surface area contributed by atoms with Gasteiger partial charge in [0.05, 0.1) is 11.8 Å². The average Bonchev–Trinajstić information content (AvgIpc) is 3.21. The zero-order valence-electron chi connectivity index (χ0n) is 15.7. The summed E-state index contributed by atoms with van der Waals surface area (Å²) in [7, 11) is 0.397. The van der Waals surface area contributed by atoms with E-state index in [1.54, 1.807) is 12.1 Å². The number of amides is 2. The number of imide groups is 1. The molecule has 0 saturated carbocycles. The van der Waals surface area contributed by atoms with Crippen molar-refractivity contribution in [2.75, 3.05) is 7.05 Å². The van der Waals surface area contributed by atoms with Crippen LogP contribution in [0, 0.1) is 23.7 Å². The van der Waals surface area contributed by atoms with Crippen molar-refractivity contribution in [2.45, 2.75) is 39.4 Å². The second kappa shape index (κ2) is 6.62. The lowest BCUT2D eigenvalue weighted by atomic mass is 9.54. The SMILES string of the molecule is CC(C)C1=C2B(O)O[C@H](c3ccc(CO)o3)C[C@H]2[C@H]2C(=O)N(C)C(=O)[C@H]2C1. The smallest absolute Gasteiger partial charge is 0.461 e. The van der Waals surface area contributed by atoms with Crippen molar-refractivity contribution in [1.82, 2.24) is 4.90 Å². The molecule has 4 atom stereocenters. The highest BCUT2D eigenvalue weighted by Crippen LogP contribution is 2.52. The van der Waals surface area contributed by atoms with E-state index in [9.17, 15) is 19.7 Å². The molecule has 2 N–H and O–H groups in total. The monoisotopic (exact) mass is 373 g/mol. The van der Waals surface area contributed by atoms with Crippen LogP contribution in [0.2, 0.25) is 0 Å². The fraction of sp³-hybridized carbons (Fsp3) is 0.579. The van der Waals surface area contributed by atoms with Gasteiger partial charge in [0.1, 0.15) is 24.2 Å². The van der Waals surface area contributed by atoms with Gasteiger partial charge in [-0.3, -0.25) is 14.5 Å². The Morgan fingerprint density at radius 2 is 2.00 bits per heavy atom. The number of carbonyl (C=O) groups is 2. The van der Waals surface area contributed by atoms with Crippen molar-refractivity contribution < 1.29 is 28.8 Å². The third-order valence-electron chi connectivity index (χ3n) is 6.22. The summed E-state index contributed by atoms with van der Waals surface area (Å²) >= 11 is 0. The molecule has 2 aliphatic heterocycles. The number of allylic oxidation sites excluding steroid dienone is 2. The molecule has 1 aliphatic carbocycles. The summed E-state index contributed by atoms with van der Waals surface area (Å²) in [5, 5.41) is 20.0. The van der Waals surface area contributed by atoms with Gasteiger partial charge in [-0.05, 0) is 42.3 Å². The molecular formula is C19H24BNO6. The third kappa shape index (κ3) is 2.78. The van der Waals surface area contributed by atoms with Crippen LogP contribution in [0.15, 0.2) is 27.6 Å². The number of likely N-dealkylation sites (tertiary alicyclic amines) is 1. The second-order valence-corrected chi connectivity index (χ2v) is 7.99. The molecular weight excluding hydrogens is 349 g/mol. The van der Waals surface area contributed by atoms with Crippen molar-refractivity contribution in [1.29, 1.82) is 0 Å². The first kappa shape index (κ1) is 18.5. The average molecular weight is 373 g/mol. The lowest BCUT2D eigenvalue weighted by Crippen LogP contribution is -2.45. The number of aliphatic hydroxyl groups excluding tert-OH is 1. The minimum Gasteiger partial charge on any atom is -0.461 e. The minimum atomic E-state index is -1.14. The summed E-state index contributed by atoms with van der Waals surface area (Å²) in [6.45, 7) is 3.84. The molecule has 7 nitrogen and oxygen atoms in total. The van der Waals surface area contributed by atoms with Crippen molar-refractivity contribution in [2.24, 2.45) is 23.7 Å². The maximum atomic E-state index is 12.8. The molecule has 0 bridgehead atoms. The van der Waals surface area contributed by atoms with Crippen LogP contribution in [0.3, 0.4) is 0 Å². The summed E-state index contributed by atoms with van der Waals surface area (Å²) in [4.78, 5) is 26.6. The molecule has 3 aliphatic rings. The van der Waals surface area contributed by atoms with E-state index in [-0.39, 0.29) is 36.2 Å². The maximum Gasteiger partial charge on any atom is 0.487 e. The molecule has 8 heteroatoms. The number of carbonyl (C=O) groups excluding carboxylic acids is 2. The molecule has 0 unspecified atom stereocenters. The van der Waals surface area contributed by atoms with E-state index in [4.69, 9.17) is 9.07 Å². The van der Waals surface area contributed by atoms with Gasteiger partial charge in [0.25, 0.3) is 0 Å². The van der Waals surface area contributed by atoms with E-state index in [1.807, 2.05) is 13.8 Å². The Balaban J connectivity index is 1.75. The molecule has 0 spiro atoms. The Hall–Kier alpha value is -1.90. The van der Waals surface area contributed by atoms with Crippen molar-refractivity contribution in [3.63, 3.8) is 0 Å². The van der Waals surface area contributed by atoms with E-state index < -0.39 is 19.1 Å². The van der Waals surface area contributed by atoms with Gasteiger partial charge in [-0.25, -0.2) is 0 Å². The number of hydrogen-bond donors (Lipinski definition) is 2. The fourth-order valence-electron chi connectivity index (χ4n) is 4.89. The number of hydrogen-bond acceptors (Lipinski definition) is 6. The lowest BCUT2D eigenvalue weighted by Gasteiger charge is -2.42. The Morgan fingerprint density at radius 3 is 2.63 bits per heavy atom. The summed E-state index contributed by atoms with van der Waals surface area (Å²) in [6.07, 6.45) is 0.411. The number of nitrogens with zero attached hydrogens (tertiary/aromatic N) is 1. The minimum absolute atomic E-state index is 0.139. The van der Waals surface area contributed by atoms with Gasteiger partial charge in [0.15, 0.2) is 0 Å². The summed E-state index contributed by atoms with van der Waals surface area (Å²) < 4.78 is 11.4. The molecule has 144 valence electrons. The molecule has 2 amide bonds. The van der Waals surface area contributed by atoms with Crippen LogP contribution in [0.25, 0.3) is 0 Å². The van der Waals surface area contributed by atoms with Crippen LogP contribution in [-0.2, 0) is 20.9 Å². The van der Waals surface area contributed by atoms with Crippen LogP contribution in [0.4, 0.5) is 0 Å². The predicted molar refractivity (Wildman–Crippen MR) is 95.8 cm³/mol. The van der Waals surface area contributed by atoms with Crippen LogP contribution in [-0.4, -0.2) is 41.0 Å². The third-order valence-corrected chi connectivity index (χ3v) is 6.22. The first-order chi connectivity index (χ1) is 12.8. The molecule has 1 aromatic heterocycles. The zero-order chi connectivity index (χ0) is 19.5. The topological polar surface area (TPSA) is 100 Å². The highest BCUT2D eigenvalue weighted by molar-refractivity contribution is 6.53. The van der Waals surface area contributed by atoms with E-state index in [2.05, 4.69) is 0 Å². The first-order valence-electron chi connectivity index (χ1n) is 9.40. The van der Waals surface area contributed by atoms with Crippen LogP contribution in [0.1, 0.15) is 44.3 Å². The Kier molecular flexibility index (Phi) is 4.52. The van der Waals surface area contributed by atoms with Crippen LogP contribution >= 0.6 is 0 Å². The molecule has 2 saturated heterocycles. The lowest BCUT2D eigenvalue weighted by molar-refractivity contribution is -0.138. The first-order valence-corrected chi connectivity index (χ1v) is 9.40. The summed E-state index contributed by atoms with van der Waals surface area (Å²) in [6, 6.07) is 3.38. The fourth-order valence-corrected chi connectivity index (χ4v) is 4.89. The molecule has 3 heterocycles. The molecule has 2 fully saturated rings. The molecule has 0 radical (unpaired) electrons. The van der Waals surface area contributed by atoms with Gasteiger partial charge < -0.3 is 19.2 Å². The van der Waals surface area contributed by atoms with Gasteiger partial charge >= 0.3 is 7.12 Å². The number of rotatable bonds is 3. The van der Waals surface area contributed by atoms with Gasteiger partial charge in [0.2, 0.25) is 11.8 Å². The van der Waals surface area contributed by atoms with E-state index >= 15 is 0 Å². The second-order valence-electron chi connectivity index (χ2n) is 7.99. The Morgan fingerprint density at radius 1 is 1.26 bits per heavy atom. The normalized spacial score (nSPS) is 31.0. The summed E-state index contributed by atoms with van der Waals surface area (Å²) in [5.41, 5.74) is 1.77. The largest absolute Gasteiger partial charge is 0.487 e. The van der Waals surface area contributed by atoms with Crippen LogP contribution in [0.5, 0.6) is 0 Å². The van der Waals surface area contributed by atoms with E-state index in [0.29, 0.717) is 24.4 Å². The molecule has 4 rings (SSSR count). The van der Waals surface area contributed by atoms with E-state index in [1.165, 1.54) is 11.9 Å². The van der Waals surface area contributed by atoms with Gasteiger partial charge in [-0.15, -0.1) is 0 Å². The molecule has 27 heavy (non-hydrogen) atoms. The van der Waals surface area contributed by atoms with Crippen LogP contribution < -0.4 is 0 Å². The molecule has 1 aromatic rings. The number of fused-ring (bicyclic) bond motifs is 3. The predicted octanol–water partition coefficient (Wildman–Crippen LogP) is 1.46. The van der Waals surface area contributed by atoms with Crippen molar-refractivity contribution >= 4 is 18.9 Å².